The van der Waals surface area contributed by atoms with Crippen LogP contribution in [0, 0.1) is 0 Å². The summed E-state index contributed by atoms with van der Waals surface area (Å²) in [7, 11) is -2.08. The van der Waals surface area contributed by atoms with E-state index in [1.54, 1.807) is 18.2 Å². The van der Waals surface area contributed by atoms with Gasteiger partial charge in [-0.2, -0.15) is 0 Å². The first-order chi connectivity index (χ1) is 8.51. The topological polar surface area (TPSA) is 55.4 Å². The highest BCUT2D eigenvalue weighted by Gasteiger charge is 2.21. The van der Waals surface area contributed by atoms with Crippen molar-refractivity contribution in [1.29, 1.82) is 0 Å². The van der Waals surface area contributed by atoms with Crippen LogP contribution in [0.1, 0.15) is 6.42 Å². The van der Waals surface area contributed by atoms with Gasteiger partial charge in [-0.15, -0.1) is 0 Å². The van der Waals surface area contributed by atoms with E-state index in [1.165, 1.54) is 13.2 Å². The predicted molar refractivity (Wildman–Crippen MR) is 75.8 cm³/mol. The van der Waals surface area contributed by atoms with Gasteiger partial charge in [0.1, 0.15) is 4.90 Å². The van der Waals surface area contributed by atoms with Gasteiger partial charge in [0.2, 0.25) is 10.0 Å². The molecule has 0 aliphatic heterocycles. The van der Waals surface area contributed by atoms with E-state index >= 15 is 0 Å². The zero-order chi connectivity index (χ0) is 13.6. The molecule has 0 saturated heterocycles. The van der Waals surface area contributed by atoms with Crippen molar-refractivity contribution in [3.8, 4) is 0 Å². The first-order valence-electron chi connectivity index (χ1n) is 5.33. The molecule has 0 spiro atoms. The Morgan fingerprint density at radius 3 is 2.67 bits per heavy atom. The van der Waals surface area contributed by atoms with Crippen LogP contribution in [-0.2, 0) is 14.8 Å². The van der Waals surface area contributed by atoms with Crippen LogP contribution < -0.4 is 4.72 Å². The fourth-order valence-corrected chi connectivity index (χ4v) is 3.78. The van der Waals surface area contributed by atoms with E-state index in [2.05, 4.69) is 20.7 Å². The van der Waals surface area contributed by atoms with Crippen molar-refractivity contribution in [2.45, 2.75) is 17.4 Å². The van der Waals surface area contributed by atoms with Crippen LogP contribution in [0.25, 0.3) is 0 Å². The monoisotopic (exact) mass is 355 g/mol. The molecular formula is C11H15BrClNO3S. The molecule has 1 aromatic carbocycles. The summed E-state index contributed by atoms with van der Waals surface area (Å²) >= 11 is 9.17. The smallest absolute Gasteiger partial charge is 0.242 e. The quantitative estimate of drug-likeness (QED) is 0.763. The van der Waals surface area contributed by atoms with E-state index in [0.717, 1.165) is 0 Å². The molecule has 102 valence electrons. The third-order valence-corrected chi connectivity index (χ3v) is 4.75. The Morgan fingerprint density at radius 2 is 2.11 bits per heavy atom. The molecule has 0 fully saturated rings. The van der Waals surface area contributed by atoms with Crippen LogP contribution in [0.5, 0.6) is 0 Å². The first kappa shape index (κ1) is 15.9. The Morgan fingerprint density at radius 1 is 1.44 bits per heavy atom. The third-order valence-electron chi connectivity index (χ3n) is 2.27. The Balaban J connectivity index is 2.90. The first-order valence-corrected chi connectivity index (χ1v) is 8.31. The summed E-state index contributed by atoms with van der Waals surface area (Å²) in [5.41, 5.74) is 0. The Labute approximate surface area is 121 Å². The van der Waals surface area contributed by atoms with Gasteiger partial charge in [-0.1, -0.05) is 39.7 Å². The van der Waals surface area contributed by atoms with Gasteiger partial charge >= 0.3 is 0 Å². The van der Waals surface area contributed by atoms with Crippen LogP contribution in [0.15, 0.2) is 29.2 Å². The molecule has 1 unspecified atom stereocenters. The number of halogens is 2. The molecule has 4 nitrogen and oxygen atoms in total. The number of sulfonamides is 1. The minimum absolute atomic E-state index is 0.0855. The molecule has 0 aliphatic rings. The van der Waals surface area contributed by atoms with E-state index < -0.39 is 10.0 Å². The lowest BCUT2D eigenvalue weighted by atomic mass is 10.3. The second-order valence-electron chi connectivity index (χ2n) is 3.68. The van der Waals surface area contributed by atoms with Gasteiger partial charge in [0.05, 0.1) is 11.6 Å². The maximum atomic E-state index is 12.1. The summed E-state index contributed by atoms with van der Waals surface area (Å²) in [6, 6.07) is 6.06. The number of rotatable bonds is 7. The highest BCUT2D eigenvalue weighted by Crippen LogP contribution is 2.20. The number of hydrogen-bond acceptors (Lipinski definition) is 3. The fraction of sp³-hybridized carbons (Fsp3) is 0.455. The second-order valence-corrected chi connectivity index (χ2v) is 6.56. The van der Waals surface area contributed by atoms with Crippen molar-refractivity contribution in [3.63, 3.8) is 0 Å². The largest absolute Gasteiger partial charge is 0.383 e. The molecule has 7 heteroatoms. The van der Waals surface area contributed by atoms with E-state index in [9.17, 15) is 8.42 Å². The molecule has 1 aromatic rings. The van der Waals surface area contributed by atoms with E-state index in [1.807, 2.05) is 0 Å². The molecule has 0 heterocycles. The average Bonchev–Trinajstić information content (AvgIpc) is 2.29. The summed E-state index contributed by atoms with van der Waals surface area (Å²) < 4.78 is 31.9. The highest BCUT2D eigenvalue weighted by molar-refractivity contribution is 9.09. The Kier molecular flexibility index (Phi) is 6.59. The zero-order valence-electron chi connectivity index (χ0n) is 9.90. The van der Waals surface area contributed by atoms with E-state index in [-0.39, 0.29) is 16.0 Å². The second kappa shape index (κ2) is 7.45. The standard InChI is InChI=1S/C11H15BrClNO3S/c1-17-8-9(6-7-12)14-18(15,16)11-5-3-2-4-10(11)13/h2-5,9,14H,6-8H2,1H3. The zero-order valence-corrected chi connectivity index (χ0v) is 13.1. The third kappa shape index (κ3) is 4.51. The van der Waals surface area contributed by atoms with Gasteiger partial charge in [0, 0.05) is 18.5 Å². The van der Waals surface area contributed by atoms with Crippen molar-refractivity contribution in [3.05, 3.63) is 29.3 Å². The lowest BCUT2D eigenvalue weighted by Gasteiger charge is -2.17. The summed E-state index contributed by atoms with van der Waals surface area (Å²) in [5, 5.41) is 0.895. The SMILES string of the molecule is COCC(CCBr)NS(=O)(=O)c1ccccc1Cl. The molecule has 18 heavy (non-hydrogen) atoms. The van der Waals surface area contributed by atoms with Gasteiger partial charge < -0.3 is 4.74 Å². The summed E-state index contributed by atoms with van der Waals surface area (Å²) in [6.07, 6.45) is 0.636. The van der Waals surface area contributed by atoms with Crippen LogP contribution in [-0.4, -0.2) is 33.5 Å². The van der Waals surface area contributed by atoms with Crippen molar-refractivity contribution in [1.82, 2.24) is 4.72 Å². The van der Waals surface area contributed by atoms with E-state index in [0.29, 0.717) is 18.4 Å². The normalized spacial score (nSPS) is 13.5. The number of nitrogens with one attached hydrogen (secondary N) is 1. The summed E-state index contributed by atoms with van der Waals surface area (Å²) in [4.78, 5) is 0.0855. The maximum Gasteiger partial charge on any atom is 0.242 e. The van der Waals surface area contributed by atoms with Gasteiger partial charge in [-0.3, -0.25) is 0 Å². The molecule has 0 saturated carbocycles. The highest BCUT2D eigenvalue weighted by atomic mass is 79.9. The molecular weight excluding hydrogens is 342 g/mol. The average molecular weight is 357 g/mol. The van der Waals surface area contributed by atoms with Crippen molar-refractivity contribution >= 4 is 37.6 Å². The molecule has 0 radical (unpaired) electrons. The molecule has 1 atom stereocenters. The van der Waals surface area contributed by atoms with Crippen molar-refractivity contribution < 1.29 is 13.2 Å². The molecule has 1 N–H and O–H groups in total. The molecule has 0 aromatic heterocycles. The maximum absolute atomic E-state index is 12.1. The van der Waals surface area contributed by atoms with Crippen molar-refractivity contribution in [2.24, 2.45) is 0 Å². The van der Waals surface area contributed by atoms with Crippen LogP contribution in [0.3, 0.4) is 0 Å². The molecule has 0 bridgehead atoms. The van der Waals surface area contributed by atoms with Crippen molar-refractivity contribution in [2.75, 3.05) is 19.0 Å². The van der Waals surface area contributed by atoms with E-state index in [4.69, 9.17) is 16.3 Å². The molecule has 0 aliphatic carbocycles. The number of alkyl halides is 1. The minimum Gasteiger partial charge on any atom is -0.383 e. The Hall–Kier alpha value is -0.140. The molecule has 0 amide bonds. The van der Waals surface area contributed by atoms with Gasteiger partial charge in [-0.05, 0) is 18.6 Å². The Bertz CT molecular complexity index is 475. The predicted octanol–water partition coefficient (Wildman–Crippen LogP) is 2.42. The number of hydrogen-bond donors (Lipinski definition) is 1. The van der Waals surface area contributed by atoms with Crippen LogP contribution >= 0.6 is 27.5 Å². The number of benzene rings is 1. The minimum atomic E-state index is -3.62. The van der Waals surface area contributed by atoms with Gasteiger partial charge in [0.25, 0.3) is 0 Å². The lowest BCUT2D eigenvalue weighted by molar-refractivity contribution is 0.173. The molecule has 1 rings (SSSR count). The summed E-state index contributed by atoms with van der Waals surface area (Å²) in [5.74, 6) is 0. The van der Waals surface area contributed by atoms with Crippen LogP contribution in [0.2, 0.25) is 5.02 Å². The van der Waals surface area contributed by atoms with Crippen LogP contribution in [0.4, 0.5) is 0 Å². The van der Waals surface area contributed by atoms with Gasteiger partial charge in [-0.25, -0.2) is 13.1 Å². The number of methoxy groups -OCH3 is 1. The fourth-order valence-electron chi connectivity index (χ4n) is 1.45. The van der Waals surface area contributed by atoms with Gasteiger partial charge in [0.15, 0.2) is 0 Å². The summed E-state index contributed by atoms with van der Waals surface area (Å²) in [6.45, 7) is 0.315. The number of ether oxygens (including phenoxy) is 1. The lowest BCUT2D eigenvalue weighted by Crippen LogP contribution is -2.38.